The smallest absolute Gasteiger partial charge is 0.115 e. The van der Waals surface area contributed by atoms with Crippen molar-refractivity contribution in [1.82, 2.24) is 0 Å². The highest BCUT2D eigenvalue weighted by Crippen LogP contribution is 2.22. The third-order valence-electron chi connectivity index (χ3n) is 2.13. The summed E-state index contributed by atoms with van der Waals surface area (Å²) in [5.74, 6) is 0.221. The zero-order valence-electron chi connectivity index (χ0n) is 7.86. The van der Waals surface area contributed by atoms with Crippen LogP contribution in [0.5, 0.6) is 5.75 Å². The number of phenols is 1. The van der Waals surface area contributed by atoms with Crippen LogP contribution >= 0.6 is 0 Å². The molecule has 72 valence electrons. The summed E-state index contributed by atoms with van der Waals surface area (Å²) in [4.78, 5) is 0. The number of rotatable bonds is 2. The van der Waals surface area contributed by atoms with Gasteiger partial charge in [0.15, 0.2) is 0 Å². The van der Waals surface area contributed by atoms with Crippen LogP contribution in [-0.4, -0.2) is 16.3 Å². The summed E-state index contributed by atoms with van der Waals surface area (Å²) >= 11 is 0. The molecule has 0 heterocycles. The van der Waals surface area contributed by atoms with E-state index in [1.807, 2.05) is 6.92 Å². The van der Waals surface area contributed by atoms with E-state index in [2.05, 4.69) is 0 Å². The van der Waals surface area contributed by atoms with Crippen LogP contribution in [0.15, 0.2) is 18.2 Å². The number of aromatic hydroxyl groups is 1. The van der Waals surface area contributed by atoms with Gasteiger partial charge in [-0.2, -0.15) is 0 Å². The van der Waals surface area contributed by atoms with Crippen LogP contribution in [0, 0.1) is 6.92 Å². The standard InChI is InChI=1S/C10H15NO2/c1-6-5-8(13)3-4-9(6)10(11)7(2)12/h3-5,7,10,12-13H,11H2,1-2H3. The van der Waals surface area contributed by atoms with Crippen LogP contribution in [0.3, 0.4) is 0 Å². The highest BCUT2D eigenvalue weighted by atomic mass is 16.3. The normalized spacial score (nSPS) is 15.4. The lowest BCUT2D eigenvalue weighted by molar-refractivity contribution is 0.164. The minimum absolute atomic E-state index is 0.221. The van der Waals surface area contributed by atoms with Crippen LogP contribution in [-0.2, 0) is 0 Å². The van der Waals surface area contributed by atoms with Crippen LogP contribution in [0.2, 0.25) is 0 Å². The molecule has 0 saturated carbocycles. The lowest BCUT2D eigenvalue weighted by Crippen LogP contribution is -2.23. The molecular formula is C10H15NO2. The Balaban J connectivity index is 3.01. The maximum Gasteiger partial charge on any atom is 0.115 e. The predicted octanol–water partition coefficient (Wildman–Crippen LogP) is 1.08. The molecule has 0 bridgehead atoms. The van der Waals surface area contributed by atoms with Crippen molar-refractivity contribution in [2.24, 2.45) is 5.73 Å². The largest absolute Gasteiger partial charge is 0.508 e. The van der Waals surface area contributed by atoms with E-state index in [0.717, 1.165) is 11.1 Å². The molecule has 0 aliphatic heterocycles. The Bertz CT molecular complexity index is 297. The molecule has 0 fully saturated rings. The van der Waals surface area contributed by atoms with Crippen molar-refractivity contribution in [3.63, 3.8) is 0 Å². The maximum absolute atomic E-state index is 9.28. The first-order valence-corrected chi connectivity index (χ1v) is 4.25. The van der Waals surface area contributed by atoms with Crippen molar-refractivity contribution in [2.45, 2.75) is 26.0 Å². The lowest BCUT2D eigenvalue weighted by Gasteiger charge is -2.17. The minimum Gasteiger partial charge on any atom is -0.508 e. The Morgan fingerprint density at radius 3 is 2.46 bits per heavy atom. The van der Waals surface area contributed by atoms with Gasteiger partial charge in [-0.3, -0.25) is 0 Å². The van der Waals surface area contributed by atoms with Crippen LogP contribution in [0.1, 0.15) is 24.1 Å². The Morgan fingerprint density at radius 1 is 1.38 bits per heavy atom. The molecule has 3 heteroatoms. The summed E-state index contributed by atoms with van der Waals surface area (Å²) in [6.07, 6.45) is -0.580. The second-order valence-electron chi connectivity index (χ2n) is 3.31. The van der Waals surface area contributed by atoms with Crippen molar-refractivity contribution in [1.29, 1.82) is 0 Å². The van der Waals surface area contributed by atoms with E-state index < -0.39 is 6.10 Å². The zero-order chi connectivity index (χ0) is 10.0. The number of aryl methyl sites for hydroxylation is 1. The van der Waals surface area contributed by atoms with E-state index in [9.17, 15) is 5.11 Å². The van der Waals surface area contributed by atoms with Gasteiger partial charge in [0.1, 0.15) is 5.75 Å². The summed E-state index contributed by atoms with van der Waals surface area (Å²) in [6, 6.07) is 4.56. The van der Waals surface area contributed by atoms with E-state index in [1.165, 1.54) is 0 Å². The average molecular weight is 181 g/mol. The Morgan fingerprint density at radius 2 is 2.00 bits per heavy atom. The third-order valence-corrected chi connectivity index (χ3v) is 2.13. The summed E-state index contributed by atoms with van der Waals surface area (Å²) in [7, 11) is 0. The van der Waals surface area contributed by atoms with Crippen molar-refractivity contribution in [2.75, 3.05) is 0 Å². The molecule has 0 spiro atoms. The first-order valence-electron chi connectivity index (χ1n) is 4.25. The molecule has 1 aromatic rings. The zero-order valence-corrected chi connectivity index (χ0v) is 7.86. The summed E-state index contributed by atoms with van der Waals surface area (Å²) in [6.45, 7) is 3.51. The molecule has 13 heavy (non-hydrogen) atoms. The molecule has 0 amide bonds. The molecule has 0 saturated heterocycles. The van der Waals surface area contributed by atoms with Gasteiger partial charge in [0.2, 0.25) is 0 Å². The topological polar surface area (TPSA) is 66.5 Å². The second-order valence-corrected chi connectivity index (χ2v) is 3.31. The van der Waals surface area contributed by atoms with E-state index in [1.54, 1.807) is 25.1 Å². The van der Waals surface area contributed by atoms with Gasteiger partial charge in [-0.05, 0) is 37.1 Å². The first kappa shape index (κ1) is 10.0. The van der Waals surface area contributed by atoms with Gasteiger partial charge in [0, 0.05) is 0 Å². The average Bonchev–Trinajstić information content (AvgIpc) is 2.03. The van der Waals surface area contributed by atoms with Crippen LogP contribution in [0.4, 0.5) is 0 Å². The van der Waals surface area contributed by atoms with E-state index in [-0.39, 0.29) is 11.8 Å². The molecule has 1 rings (SSSR count). The molecule has 0 radical (unpaired) electrons. The van der Waals surface area contributed by atoms with Gasteiger partial charge in [0.25, 0.3) is 0 Å². The number of aliphatic hydroxyl groups is 1. The SMILES string of the molecule is Cc1cc(O)ccc1C(N)C(C)O. The first-order chi connectivity index (χ1) is 6.02. The Kier molecular flexibility index (Phi) is 2.90. The van der Waals surface area contributed by atoms with Crippen molar-refractivity contribution >= 4 is 0 Å². The minimum atomic E-state index is -0.580. The molecule has 0 aliphatic carbocycles. The van der Waals surface area contributed by atoms with E-state index in [4.69, 9.17) is 10.8 Å². The van der Waals surface area contributed by atoms with Crippen molar-refractivity contribution < 1.29 is 10.2 Å². The highest BCUT2D eigenvalue weighted by Gasteiger charge is 2.13. The second kappa shape index (κ2) is 3.77. The lowest BCUT2D eigenvalue weighted by atomic mass is 9.98. The summed E-state index contributed by atoms with van der Waals surface area (Å²) < 4.78 is 0. The molecule has 2 unspecified atom stereocenters. The Labute approximate surface area is 77.8 Å². The molecule has 0 aliphatic rings. The van der Waals surface area contributed by atoms with Gasteiger partial charge >= 0.3 is 0 Å². The molecule has 2 atom stereocenters. The number of phenolic OH excluding ortho intramolecular Hbond substituents is 1. The van der Waals surface area contributed by atoms with Crippen molar-refractivity contribution in [3.05, 3.63) is 29.3 Å². The number of aliphatic hydroxyl groups excluding tert-OH is 1. The summed E-state index contributed by atoms with van der Waals surface area (Å²) in [5.41, 5.74) is 7.52. The van der Waals surface area contributed by atoms with Gasteiger partial charge in [-0.15, -0.1) is 0 Å². The number of hydrogen-bond donors (Lipinski definition) is 3. The fourth-order valence-corrected chi connectivity index (χ4v) is 1.29. The third kappa shape index (κ3) is 2.20. The highest BCUT2D eigenvalue weighted by molar-refractivity contribution is 5.36. The number of benzene rings is 1. The maximum atomic E-state index is 9.28. The predicted molar refractivity (Wildman–Crippen MR) is 51.5 cm³/mol. The quantitative estimate of drug-likeness (QED) is 0.639. The molecule has 1 aromatic carbocycles. The Hall–Kier alpha value is -1.06. The van der Waals surface area contributed by atoms with E-state index >= 15 is 0 Å². The number of nitrogens with two attached hydrogens (primary N) is 1. The fourth-order valence-electron chi connectivity index (χ4n) is 1.29. The van der Waals surface area contributed by atoms with Gasteiger partial charge in [-0.1, -0.05) is 6.07 Å². The van der Waals surface area contributed by atoms with Gasteiger partial charge in [-0.25, -0.2) is 0 Å². The van der Waals surface area contributed by atoms with Gasteiger partial charge in [0.05, 0.1) is 12.1 Å². The fraction of sp³-hybridized carbons (Fsp3) is 0.400. The monoisotopic (exact) mass is 181 g/mol. The molecule has 4 N–H and O–H groups in total. The van der Waals surface area contributed by atoms with Gasteiger partial charge < -0.3 is 15.9 Å². The molecule has 3 nitrogen and oxygen atoms in total. The van der Waals surface area contributed by atoms with E-state index in [0.29, 0.717) is 0 Å². The molecular weight excluding hydrogens is 166 g/mol. The van der Waals surface area contributed by atoms with Crippen LogP contribution < -0.4 is 5.73 Å². The molecule has 0 aromatic heterocycles. The number of hydrogen-bond acceptors (Lipinski definition) is 3. The van der Waals surface area contributed by atoms with Crippen LogP contribution in [0.25, 0.3) is 0 Å². The summed E-state index contributed by atoms with van der Waals surface area (Å²) in [5, 5.41) is 18.4. The van der Waals surface area contributed by atoms with Crippen molar-refractivity contribution in [3.8, 4) is 5.75 Å².